The van der Waals surface area contributed by atoms with Crippen molar-refractivity contribution >= 4 is 51.5 Å². The molecule has 37 heavy (non-hydrogen) atoms. The minimum atomic E-state index is -0.787. The Kier molecular flexibility index (Phi) is 12.4. The monoisotopic (exact) mass is 595 g/mol. The average Bonchev–Trinajstić information content (AvgIpc) is 2.83. The van der Waals surface area contributed by atoms with Gasteiger partial charge in [0.2, 0.25) is 0 Å². The molecule has 1 unspecified atom stereocenters. The highest BCUT2D eigenvalue weighted by molar-refractivity contribution is 9.10. The van der Waals surface area contributed by atoms with Crippen LogP contribution >= 0.6 is 27.5 Å². The van der Waals surface area contributed by atoms with Crippen LogP contribution in [0.15, 0.2) is 46.0 Å². The number of hydrogen-bond acceptors (Lipinski definition) is 7. The van der Waals surface area contributed by atoms with E-state index < -0.39 is 17.9 Å². The van der Waals surface area contributed by atoms with Crippen LogP contribution in [0.5, 0.6) is 11.5 Å². The zero-order valence-electron chi connectivity index (χ0n) is 21.2. The van der Waals surface area contributed by atoms with Gasteiger partial charge < -0.3 is 19.5 Å². The minimum Gasteiger partial charge on any atom is -0.490 e. The number of esters is 1. The first-order valence-corrected chi connectivity index (χ1v) is 13.0. The van der Waals surface area contributed by atoms with Crippen LogP contribution in [0, 0.1) is 5.92 Å². The third-order valence-electron chi connectivity index (χ3n) is 4.80. The largest absolute Gasteiger partial charge is 0.490 e. The molecular formula is C26H31BrClN3O6. The molecule has 11 heteroatoms. The Bertz CT molecular complexity index is 1110. The second kappa shape index (κ2) is 15.2. The summed E-state index contributed by atoms with van der Waals surface area (Å²) in [5, 5.41) is 7.32. The number of benzene rings is 2. The van der Waals surface area contributed by atoms with Crippen LogP contribution in [-0.2, 0) is 14.3 Å². The van der Waals surface area contributed by atoms with Crippen molar-refractivity contribution in [1.29, 1.82) is 0 Å². The predicted molar refractivity (Wildman–Crippen MR) is 145 cm³/mol. The molecule has 2 aromatic carbocycles. The number of halogens is 2. The van der Waals surface area contributed by atoms with E-state index in [4.69, 9.17) is 25.8 Å². The smallest absolute Gasteiger partial charge is 0.344 e. The SMILES string of the molecule is CCOC(=O)COc1c(Br)cc(C=NNC(=O)C(CC(C)C)NC(=O)c2ccc(Cl)cc2)cc1OCC. The molecule has 0 spiro atoms. The van der Waals surface area contributed by atoms with Gasteiger partial charge in [0.05, 0.1) is 23.9 Å². The maximum Gasteiger partial charge on any atom is 0.344 e. The molecule has 0 bridgehead atoms. The summed E-state index contributed by atoms with van der Waals surface area (Å²) < 4.78 is 16.6. The second-order valence-corrected chi connectivity index (χ2v) is 9.54. The number of ether oxygens (including phenoxy) is 3. The Labute approximate surface area is 230 Å². The van der Waals surface area contributed by atoms with Gasteiger partial charge in [-0.3, -0.25) is 9.59 Å². The van der Waals surface area contributed by atoms with Crippen molar-refractivity contribution < 1.29 is 28.6 Å². The highest BCUT2D eigenvalue weighted by Gasteiger charge is 2.22. The topological polar surface area (TPSA) is 115 Å². The number of hydrogen-bond donors (Lipinski definition) is 2. The van der Waals surface area contributed by atoms with Crippen LogP contribution in [0.1, 0.15) is 50.0 Å². The van der Waals surface area contributed by atoms with Gasteiger partial charge in [0.25, 0.3) is 11.8 Å². The van der Waals surface area contributed by atoms with Gasteiger partial charge in [-0.2, -0.15) is 5.10 Å². The molecule has 9 nitrogen and oxygen atoms in total. The van der Waals surface area contributed by atoms with Gasteiger partial charge in [-0.05, 0) is 84.1 Å². The number of nitrogens with one attached hydrogen (secondary N) is 2. The first-order chi connectivity index (χ1) is 17.6. The average molecular weight is 597 g/mol. The zero-order chi connectivity index (χ0) is 27.4. The maximum absolute atomic E-state index is 12.8. The first-order valence-electron chi connectivity index (χ1n) is 11.8. The molecule has 2 N–H and O–H groups in total. The molecule has 0 aliphatic heterocycles. The lowest BCUT2D eigenvalue weighted by atomic mass is 10.0. The number of carbonyl (C=O) groups excluding carboxylic acids is 3. The summed E-state index contributed by atoms with van der Waals surface area (Å²) in [5.41, 5.74) is 3.49. The molecule has 0 heterocycles. The molecular weight excluding hydrogens is 566 g/mol. The molecule has 0 aliphatic rings. The van der Waals surface area contributed by atoms with E-state index in [2.05, 4.69) is 31.8 Å². The van der Waals surface area contributed by atoms with Gasteiger partial charge in [0, 0.05) is 10.6 Å². The van der Waals surface area contributed by atoms with Crippen molar-refractivity contribution in [3.05, 3.63) is 57.0 Å². The van der Waals surface area contributed by atoms with E-state index in [1.165, 1.54) is 6.21 Å². The van der Waals surface area contributed by atoms with E-state index in [0.717, 1.165) is 0 Å². The van der Waals surface area contributed by atoms with Gasteiger partial charge in [-0.25, -0.2) is 10.2 Å². The molecule has 0 fully saturated rings. The molecule has 0 saturated heterocycles. The normalized spacial score (nSPS) is 11.8. The van der Waals surface area contributed by atoms with Crippen LogP contribution in [0.25, 0.3) is 0 Å². The van der Waals surface area contributed by atoms with Gasteiger partial charge >= 0.3 is 5.97 Å². The van der Waals surface area contributed by atoms with Gasteiger partial charge in [-0.1, -0.05) is 25.4 Å². The number of carbonyl (C=O) groups is 3. The Morgan fingerprint density at radius 2 is 1.78 bits per heavy atom. The summed E-state index contributed by atoms with van der Waals surface area (Å²) in [7, 11) is 0. The molecule has 2 rings (SSSR count). The quantitative estimate of drug-likeness (QED) is 0.196. The number of hydrazone groups is 1. The molecule has 2 aromatic rings. The minimum absolute atomic E-state index is 0.150. The molecule has 1 atom stereocenters. The van der Waals surface area contributed by atoms with Crippen molar-refractivity contribution in [1.82, 2.24) is 10.7 Å². The zero-order valence-corrected chi connectivity index (χ0v) is 23.5. The van der Waals surface area contributed by atoms with E-state index in [9.17, 15) is 14.4 Å². The lowest BCUT2D eigenvalue weighted by molar-refractivity contribution is -0.145. The van der Waals surface area contributed by atoms with Gasteiger partial charge in [-0.15, -0.1) is 0 Å². The molecule has 200 valence electrons. The summed E-state index contributed by atoms with van der Waals surface area (Å²) in [6.45, 7) is 7.79. The van der Waals surface area contributed by atoms with Gasteiger partial charge in [0.1, 0.15) is 6.04 Å². The summed E-state index contributed by atoms with van der Waals surface area (Å²) >= 11 is 9.31. The van der Waals surface area contributed by atoms with E-state index in [-0.39, 0.29) is 25.0 Å². The fraction of sp³-hybridized carbons (Fsp3) is 0.385. The van der Waals surface area contributed by atoms with Crippen LogP contribution in [0.4, 0.5) is 0 Å². The van der Waals surface area contributed by atoms with E-state index in [0.29, 0.717) is 45.1 Å². The Hall–Kier alpha value is -3.11. The molecule has 2 amide bonds. The predicted octanol–water partition coefficient (Wildman–Crippen LogP) is 4.74. The van der Waals surface area contributed by atoms with Crippen LogP contribution in [0.3, 0.4) is 0 Å². The van der Waals surface area contributed by atoms with Crippen molar-refractivity contribution in [2.24, 2.45) is 11.0 Å². The second-order valence-electron chi connectivity index (χ2n) is 8.25. The summed E-state index contributed by atoms with van der Waals surface area (Å²) in [6.07, 6.45) is 1.86. The summed E-state index contributed by atoms with van der Waals surface area (Å²) in [6, 6.07) is 8.98. The molecule has 0 radical (unpaired) electrons. The highest BCUT2D eigenvalue weighted by atomic mass is 79.9. The number of rotatable bonds is 13. The lowest BCUT2D eigenvalue weighted by Crippen LogP contribution is -2.46. The lowest BCUT2D eigenvalue weighted by Gasteiger charge is -2.19. The third-order valence-corrected chi connectivity index (χ3v) is 5.64. The standard InChI is InChI=1S/C26H31BrClN3O6/c1-5-35-22-13-17(12-20(27)24(22)37-15-23(32)36-6-2)14-29-31-26(34)21(11-16(3)4)30-25(33)18-7-9-19(28)10-8-18/h7-10,12-14,16,21H,5-6,11,15H2,1-4H3,(H,30,33)(H,31,34). The van der Waals surface area contributed by atoms with Gasteiger partial charge in [0.15, 0.2) is 18.1 Å². The van der Waals surface area contributed by atoms with E-state index in [1.54, 1.807) is 43.3 Å². The molecule has 0 aliphatic carbocycles. The summed E-state index contributed by atoms with van der Waals surface area (Å²) in [5.74, 6) is -0.447. The highest BCUT2D eigenvalue weighted by Crippen LogP contribution is 2.36. The fourth-order valence-corrected chi connectivity index (χ4v) is 3.89. The van der Waals surface area contributed by atoms with Crippen molar-refractivity contribution in [2.45, 2.75) is 40.2 Å². The Morgan fingerprint density at radius 3 is 2.41 bits per heavy atom. The van der Waals surface area contributed by atoms with Crippen LogP contribution < -0.4 is 20.2 Å². The summed E-state index contributed by atoms with van der Waals surface area (Å²) in [4.78, 5) is 37.1. The molecule has 0 aromatic heterocycles. The van der Waals surface area contributed by atoms with Crippen molar-refractivity contribution in [3.8, 4) is 11.5 Å². The van der Waals surface area contributed by atoms with E-state index in [1.807, 2.05) is 20.8 Å². The molecule has 0 saturated carbocycles. The van der Waals surface area contributed by atoms with Crippen molar-refractivity contribution in [3.63, 3.8) is 0 Å². The fourth-order valence-electron chi connectivity index (χ4n) is 3.19. The maximum atomic E-state index is 12.8. The third kappa shape index (κ3) is 10.0. The Morgan fingerprint density at radius 1 is 1.08 bits per heavy atom. The Balaban J connectivity index is 2.11. The van der Waals surface area contributed by atoms with E-state index >= 15 is 0 Å². The van der Waals surface area contributed by atoms with Crippen LogP contribution in [-0.4, -0.2) is 49.9 Å². The number of amides is 2. The van der Waals surface area contributed by atoms with Crippen LogP contribution in [0.2, 0.25) is 5.02 Å². The first kappa shape index (κ1) is 30.1. The number of nitrogens with zero attached hydrogens (tertiary/aromatic N) is 1. The van der Waals surface area contributed by atoms with Crippen molar-refractivity contribution in [2.75, 3.05) is 19.8 Å².